The summed E-state index contributed by atoms with van der Waals surface area (Å²) < 4.78 is 5.32. The van der Waals surface area contributed by atoms with Crippen LogP contribution in [0.15, 0.2) is 24.3 Å². The summed E-state index contributed by atoms with van der Waals surface area (Å²) >= 11 is 0. The lowest BCUT2D eigenvalue weighted by molar-refractivity contribution is -0.141. The third-order valence-electron chi connectivity index (χ3n) is 4.01. The molecule has 0 radical (unpaired) electrons. The van der Waals surface area contributed by atoms with E-state index in [0.717, 1.165) is 37.7 Å². The van der Waals surface area contributed by atoms with Gasteiger partial charge in [0.15, 0.2) is 0 Å². The number of morpholine rings is 1. The largest absolute Gasteiger partial charge is 0.481 e. The molecule has 0 aliphatic carbocycles. The van der Waals surface area contributed by atoms with Crippen molar-refractivity contribution in [3.05, 3.63) is 24.3 Å². The van der Waals surface area contributed by atoms with Crippen molar-refractivity contribution in [2.45, 2.75) is 6.42 Å². The van der Waals surface area contributed by atoms with Crippen molar-refractivity contribution in [3.8, 4) is 0 Å². The average Bonchev–Trinajstić information content (AvgIpc) is 2.91. The maximum Gasteiger partial charge on any atom is 0.308 e. The maximum atomic E-state index is 11.9. The van der Waals surface area contributed by atoms with E-state index in [-0.39, 0.29) is 18.9 Å². The number of amides is 1. The van der Waals surface area contributed by atoms with E-state index in [9.17, 15) is 9.59 Å². The van der Waals surface area contributed by atoms with Gasteiger partial charge in [-0.2, -0.15) is 0 Å². The summed E-state index contributed by atoms with van der Waals surface area (Å²) in [6, 6.07) is 7.71. The van der Waals surface area contributed by atoms with Crippen LogP contribution >= 0.6 is 0 Å². The zero-order valence-corrected chi connectivity index (χ0v) is 11.7. The van der Waals surface area contributed by atoms with Gasteiger partial charge in [0.2, 0.25) is 5.91 Å². The van der Waals surface area contributed by atoms with E-state index in [1.165, 1.54) is 0 Å². The fourth-order valence-electron chi connectivity index (χ4n) is 2.79. The zero-order valence-electron chi connectivity index (χ0n) is 11.7. The first-order chi connectivity index (χ1) is 10.1. The molecule has 1 N–H and O–H groups in total. The van der Waals surface area contributed by atoms with Crippen LogP contribution in [-0.2, 0) is 14.3 Å². The molecule has 1 aromatic carbocycles. The molecule has 1 amide bonds. The molecule has 2 aliphatic heterocycles. The second kappa shape index (κ2) is 5.73. The van der Waals surface area contributed by atoms with Crippen LogP contribution in [0.5, 0.6) is 0 Å². The van der Waals surface area contributed by atoms with Gasteiger partial charge in [-0.15, -0.1) is 0 Å². The molecule has 0 aromatic heterocycles. The Bertz CT molecular complexity index is 537. The highest BCUT2D eigenvalue weighted by Gasteiger charge is 2.35. The number of hydrogen-bond acceptors (Lipinski definition) is 4. The van der Waals surface area contributed by atoms with Crippen LogP contribution in [0.4, 0.5) is 11.4 Å². The van der Waals surface area contributed by atoms with E-state index in [4.69, 9.17) is 9.84 Å². The highest BCUT2D eigenvalue weighted by atomic mass is 16.5. The molecule has 2 aliphatic rings. The lowest BCUT2D eigenvalue weighted by Crippen LogP contribution is -2.36. The number of hydrogen-bond donors (Lipinski definition) is 1. The summed E-state index contributed by atoms with van der Waals surface area (Å²) in [5.41, 5.74) is 1.87. The highest BCUT2D eigenvalue weighted by molar-refractivity contribution is 5.99. The van der Waals surface area contributed by atoms with Crippen molar-refractivity contribution in [2.75, 3.05) is 42.6 Å². The number of nitrogens with zero attached hydrogens (tertiary/aromatic N) is 2. The summed E-state index contributed by atoms with van der Waals surface area (Å²) in [6.45, 7) is 3.44. The van der Waals surface area contributed by atoms with Gasteiger partial charge in [0, 0.05) is 37.4 Å². The zero-order chi connectivity index (χ0) is 14.8. The lowest BCUT2D eigenvalue weighted by atomic mass is 10.1. The van der Waals surface area contributed by atoms with Gasteiger partial charge < -0.3 is 19.6 Å². The van der Waals surface area contributed by atoms with E-state index < -0.39 is 11.9 Å². The van der Waals surface area contributed by atoms with Crippen molar-refractivity contribution in [2.24, 2.45) is 5.92 Å². The Morgan fingerprint density at radius 3 is 2.33 bits per heavy atom. The molecule has 112 valence electrons. The molecular weight excluding hydrogens is 272 g/mol. The molecule has 1 unspecified atom stereocenters. The van der Waals surface area contributed by atoms with Gasteiger partial charge in [-0.3, -0.25) is 9.59 Å². The Balaban J connectivity index is 1.72. The number of carboxylic acid groups (broad SMARTS) is 1. The number of anilines is 2. The molecule has 21 heavy (non-hydrogen) atoms. The fourth-order valence-corrected chi connectivity index (χ4v) is 2.79. The Hall–Kier alpha value is -2.08. The third-order valence-corrected chi connectivity index (χ3v) is 4.01. The minimum absolute atomic E-state index is 0.0839. The maximum absolute atomic E-state index is 11.9. The Morgan fingerprint density at radius 1 is 1.14 bits per heavy atom. The molecule has 0 saturated carbocycles. The molecule has 6 heteroatoms. The van der Waals surface area contributed by atoms with Crippen LogP contribution in [0.3, 0.4) is 0 Å². The van der Waals surface area contributed by atoms with Gasteiger partial charge in [0.25, 0.3) is 0 Å². The Kier molecular flexibility index (Phi) is 3.79. The molecule has 0 bridgehead atoms. The number of benzene rings is 1. The minimum Gasteiger partial charge on any atom is -0.481 e. The minimum atomic E-state index is -0.907. The predicted molar refractivity (Wildman–Crippen MR) is 77.6 cm³/mol. The fraction of sp³-hybridized carbons (Fsp3) is 0.467. The first-order valence-electron chi connectivity index (χ1n) is 7.11. The lowest BCUT2D eigenvalue weighted by Gasteiger charge is -2.29. The van der Waals surface area contributed by atoms with Gasteiger partial charge in [-0.05, 0) is 24.3 Å². The van der Waals surface area contributed by atoms with Crippen molar-refractivity contribution >= 4 is 23.3 Å². The molecule has 3 rings (SSSR count). The summed E-state index contributed by atoms with van der Waals surface area (Å²) in [7, 11) is 0. The van der Waals surface area contributed by atoms with Gasteiger partial charge in [-0.25, -0.2) is 0 Å². The smallest absolute Gasteiger partial charge is 0.308 e. The van der Waals surface area contributed by atoms with Crippen LogP contribution < -0.4 is 9.80 Å². The molecule has 2 saturated heterocycles. The summed E-state index contributed by atoms with van der Waals surface area (Å²) in [6.07, 6.45) is 0.0839. The monoisotopic (exact) mass is 290 g/mol. The Morgan fingerprint density at radius 2 is 1.76 bits per heavy atom. The van der Waals surface area contributed by atoms with E-state index in [2.05, 4.69) is 4.90 Å². The van der Waals surface area contributed by atoms with Crippen LogP contribution in [0.25, 0.3) is 0 Å². The second-order valence-electron chi connectivity index (χ2n) is 5.36. The number of carbonyl (C=O) groups is 2. The molecule has 0 spiro atoms. The SMILES string of the molecule is O=C(O)C1CC(=O)N(c2ccc(N3CCOCC3)cc2)C1. The molecule has 1 aromatic rings. The van der Waals surface area contributed by atoms with Crippen LogP contribution in [0.1, 0.15) is 6.42 Å². The van der Waals surface area contributed by atoms with Crippen LogP contribution in [0, 0.1) is 5.92 Å². The Labute approximate surface area is 122 Å². The number of carboxylic acids is 1. The van der Waals surface area contributed by atoms with Gasteiger partial charge in [0.1, 0.15) is 0 Å². The topological polar surface area (TPSA) is 70.1 Å². The second-order valence-corrected chi connectivity index (χ2v) is 5.36. The van der Waals surface area contributed by atoms with Crippen molar-refractivity contribution in [1.29, 1.82) is 0 Å². The van der Waals surface area contributed by atoms with E-state index >= 15 is 0 Å². The summed E-state index contributed by atoms with van der Waals surface area (Å²) in [5, 5.41) is 9.01. The molecule has 2 fully saturated rings. The van der Waals surface area contributed by atoms with E-state index in [1.807, 2.05) is 24.3 Å². The third kappa shape index (κ3) is 2.85. The number of ether oxygens (including phenoxy) is 1. The van der Waals surface area contributed by atoms with Crippen molar-refractivity contribution in [3.63, 3.8) is 0 Å². The molecule has 6 nitrogen and oxygen atoms in total. The number of rotatable bonds is 3. The van der Waals surface area contributed by atoms with Gasteiger partial charge in [-0.1, -0.05) is 0 Å². The van der Waals surface area contributed by atoms with Crippen molar-refractivity contribution in [1.82, 2.24) is 0 Å². The van der Waals surface area contributed by atoms with E-state index in [1.54, 1.807) is 4.90 Å². The molecular formula is C15H18N2O4. The van der Waals surface area contributed by atoms with Gasteiger partial charge in [0.05, 0.1) is 19.1 Å². The summed E-state index contributed by atoms with van der Waals surface area (Å²) in [5.74, 6) is -1.63. The van der Waals surface area contributed by atoms with Gasteiger partial charge >= 0.3 is 5.97 Å². The summed E-state index contributed by atoms with van der Waals surface area (Å²) in [4.78, 5) is 26.7. The standard InChI is InChI=1S/C15H18N2O4/c18-14-9-11(15(19)20)10-17(14)13-3-1-12(2-4-13)16-5-7-21-8-6-16/h1-4,11H,5-10H2,(H,19,20). The quantitative estimate of drug-likeness (QED) is 0.898. The molecule has 1 atom stereocenters. The number of carbonyl (C=O) groups excluding carboxylic acids is 1. The van der Waals surface area contributed by atoms with Crippen molar-refractivity contribution < 1.29 is 19.4 Å². The molecule has 2 heterocycles. The first-order valence-corrected chi connectivity index (χ1v) is 7.11. The number of aliphatic carboxylic acids is 1. The normalized spacial score (nSPS) is 22.7. The first kappa shape index (κ1) is 13.9. The van der Waals surface area contributed by atoms with Crippen LogP contribution in [-0.4, -0.2) is 49.8 Å². The highest BCUT2D eigenvalue weighted by Crippen LogP contribution is 2.27. The average molecular weight is 290 g/mol. The van der Waals surface area contributed by atoms with Crippen LogP contribution in [0.2, 0.25) is 0 Å². The predicted octanol–water partition coefficient (Wildman–Crippen LogP) is 0.961. The van der Waals surface area contributed by atoms with E-state index in [0.29, 0.717) is 0 Å².